The predicted molar refractivity (Wildman–Crippen MR) is 85.6 cm³/mol. The SMILES string of the molecule is Cc1c(CN(C)C(=O)c2cc(-c3cccs3)[nH]n2)cnn1C. The summed E-state index contributed by atoms with van der Waals surface area (Å²) in [7, 11) is 3.66. The number of thiophene rings is 1. The van der Waals surface area contributed by atoms with Crippen LogP contribution in [0.3, 0.4) is 0 Å². The molecular formula is C15H17N5OS. The van der Waals surface area contributed by atoms with Gasteiger partial charge in [0, 0.05) is 31.9 Å². The molecule has 0 spiro atoms. The molecule has 114 valence electrons. The average Bonchev–Trinajstić information content (AvgIpc) is 3.23. The number of carbonyl (C=O) groups excluding carboxylic acids is 1. The molecule has 3 heterocycles. The largest absolute Gasteiger partial charge is 0.336 e. The Morgan fingerprint density at radius 3 is 2.95 bits per heavy atom. The van der Waals surface area contributed by atoms with Crippen LogP contribution in [0.2, 0.25) is 0 Å². The lowest BCUT2D eigenvalue weighted by Crippen LogP contribution is -2.26. The Hall–Kier alpha value is -2.41. The molecule has 0 saturated carbocycles. The maximum atomic E-state index is 12.5. The summed E-state index contributed by atoms with van der Waals surface area (Å²) in [6.07, 6.45) is 1.79. The van der Waals surface area contributed by atoms with E-state index >= 15 is 0 Å². The molecule has 0 aliphatic heterocycles. The number of aromatic nitrogens is 4. The lowest BCUT2D eigenvalue weighted by Gasteiger charge is -2.15. The molecule has 7 heteroatoms. The van der Waals surface area contributed by atoms with E-state index in [9.17, 15) is 4.79 Å². The summed E-state index contributed by atoms with van der Waals surface area (Å²) in [5.41, 5.74) is 3.38. The fourth-order valence-corrected chi connectivity index (χ4v) is 2.90. The zero-order valence-electron chi connectivity index (χ0n) is 12.7. The highest BCUT2D eigenvalue weighted by Gasteiger charge is 2.18. The molecule has 0 aliphatic carbocycles. The van der Waals surface area contributed by atoms with Crippen LogP contribution >= 0.6 is 11.3 Å². The number of aryl methyl sites for hydroxylation is 1. The van der Waals surface area contributed by atoms with Crippen LogP contribution in [0.4, 0.5) is 0 Å². The third-order valence-electron chi connectivity index (χ3n) is 3.67. The minimum absolute atomic E-state index is 0.109. The van der Waals surface area contributed by atoms with Gasteiger partial charge in [0.05, 0.1) is 16.8 Å². The van der Waals surface area contributed by atoms with Crippen LogP contribution in [0.5, 0.6) is 0 Å². The lowest BCUT2D eigenvalue weighted by atomic mass is 10.2. The van der Waals surface area contributed by atoms with Crippen molar-refractivity contribution in [2.75, 3.05) is 7.05 Å². The number of amides is 1. The normalized spacial score (nSPS) is 10.9. The third kappa shape index (κ3) is 2.67. The number of H-pyrrole nitrogens is 1. The first-order valence-corrected chi connectivity index (χ1v) is 7.76. The molecule has 0 unspecified atom stereocenters. The van der Waals surface area contributed by atoms with E-state index in [0.717, 1.165) is 21.8 Å². The van der Waals surface area contributed by atoms with E-state index in [1.807, 2.05) is 31.5 Å². The van der Waals surface area contributed by atoms with Gasteiger partial charge in [-0.25, -0.2) is 0 Å². The first-order chi connectivity index (χ1) is 10.6. The number of nitrogens with zero attached hydrogens (tertiary/aromatic N) is 4. The molecule has 22 heavy (non-hydrogen) atoms. The topological polar surface area (TPSA) is 66.8 Å². The monoisotopic (exact) mass is 315 g/mol. The Morgan fingerprint density at radius 2 is 2.32 bits per heavy atom. The number of aromatic amines is 1. The highest BCUT2D eigenvalue weighted by atomic mass is 32.1. The number of rotatable bonds is 4. The van der Waals surface area contributed by atoms with E-state index in [-0.39, 0.29) is 5.91 Å². The van der Waals surface area contributed by atoms with Gasteiger partial charge in [-0.05, 0) is 24.4 Å². The highest BCUT2D eigenvalue weighted by molar-refractivity contribution is 7.13. The van der Waals surface area contributed by atoms with Gasteiger partial charge >= 0.3 is 0 Å². The quantitative estimate of drug-likeness (QED) is 0.804. The van der Waals surface area contributed by atoms with Crippen molar-refractivity contribution in [1.29, 1.82) is 0 Å². The second kappa shape index (κ2) is 5.76. The van der Waals surface area contributed by atoms with Crippen LogP contribution < -0.4 is 0 Å². The van der Waals surface area contributed by atoms with Crippen LogP contribution in [0.15, 0.2) is 29.8 Å². The van der Waals surface area contributed by atoms with Crippen molar-refractivity contribution < 1.29 is 4.79 Å². The van der Waals surface area contributed by atoms with E-state index in [1.54, 1.807) is 40.2 Å². The molecule has 0 atom stereocenters. The van der Waals surface area contributed by atoms with Gasteiger partial charge in [0.2, 0.25) is 0 Å². The molecule has 0 saturated heterocycles. The molecule has 3 aromatic heterocycles. The summed E-state index contributed by atoms with van der Waals surface area (Å²) in [6.45, 7) is 2.50. The maximum Gasteiger partial charge on any atom is 0.274 e. The second-order valence-electron chi connectivity index (χ2n) is 5.18. The molecular weight excluding hydrogens is 298 g/mol. The van der Waals surface area contributed by atoms with Gasteiger partial charge in [-0.3, -0.25) is 14.6 Å². The van der Waals surface area contributed by atoms with Crippen molar-refractivity contribution in [3.8, 4) is 10.6 Å². The van der Waals surface area contributed by atoms with Gasteiger partial charge in [-0.2, -0.15) is 10.2 Å². The number of carbonyl (C=O) groups is 1. The molecule has 6 nitrogen and oxygen atoms in total. The molecule has 0 bridgehead atoms. The molecule has 0 radical (unpaired) electrons. The fourth-order valence-electron chi connectivity index (χ4n) is 2.21. The molecule has 3 aromatic rings. The van der Waals surface area contributed by atoms with Crippen molar-refractivity contribution in [3.05, 3.63) is 46.7 Å². The Kier molecular flexibility index (Phi) is 3.81. The Bertz CT molecular complexity index is 787. The summed E-state index contributed by atoms with van der Waals surface area (Å²) in [5.74, 6) is -0.109. The third-order valence-corrected chi connectivity index (χ3v) is 4.58. The second-order valence-corrected chi connectivity index (χ2v) is 6.13. The summed E-state index contributed by atoms with van der Waals surface area (Å²) in [5, 5.41) is 13.2. The van der Waals surface area contributed by atoms with E-state index in [1.165, 1.54) is 0 Å². The Balaban J connectivity index is 1.75. The molecule has 3 rings (SSSR count). The van der Waals surface area contributed by atoms with Crippen LogP contribution in [-0.2, 0) is 13.6 Å². The molecule has 0 aliphatic rings. The van der Waals surface area contributed by atoms with Crippen molar-refractivity contribution in [2.24, 2.45) is 7.05 Å². The van der Waals surface area contributed by atoms with Crippen molar-refractivity contribution in [2.45, 2.75) is 13.5 Å². The summed E-state index contributed by atoms with van der Waals surface area (Å²) in [6, 6.07) is 5.76. The minimum Gasteiger partial charge on any atom is -0.336 e. The van der Waals surface area contributed by atoms with Crippen molar-refractivity contribution in [1.82, 2.24) is 24.9 Å². The van der Waals surface area contributed by atoms with Gasteiger partial charge < -0.3 is 4.90 Å². The van der Waals surface area contributed by atoms with E-state index in [0.29, 0.717) is 12.2 Å². The van der Waals surface area contributed by atoms with Crippen LogP contribution in [0, 0.1) is 6.92 Å². The van der Waals surface area contributed by atoms with Gasteiger partial charge in [-0.1, -0.05) is 6.07 Å². The van der Waals surface area contributed by atoms with Gasteiger partial charge in [0.1, 0.15) is 0 Å². The summed E-state index contributed by atoms with van der Waals surface area (Å²) < 4.78 is 1.80. The van der Waals surface area contributed by atoms with Gasteiger partial charge in [0.25, 0.3) is 5.91 Å². The van der Waals surface area contributed by atoms with E-state index < -0.39 is 0 Å². The smallest absolute Gasteiger partial charge is 0.274 e. The fraction of sp³-hybridized carbons (Fsp3) is 0.267. The first kappa shape index (κ1) is 14.5. The van der Waals surface area contributed by atoms with Crippen LogP contribution in [-0.4, -0.2) is 37.8 Å². The number of nitrogens with one attached hydrogen (secondary N) is 1. The van der Waals surface area contributed by atoms with E-state index in [2.05, 4.69) is 15.3 Å². The van der Waals surface area contributed by atoms with E-state index in [4.69, 9.17) is 0 Å². The molecule has 0 fully saturated rings. The van der Waals surface area contributed by atoms with Gasteiger partial charge in [-0.15, -0.1) is 11.3 Å². The van der Waals surface area contributed by atoms with Crippen molar-refractivity contribution in [3.63, 3.8) is 0 Å². The van der Waals surface area contributed by atoms with Crippen molar-refractivity contribution >= 4 is 17.2 Å². The average molecular weight is 315 g/mol. The Labute approximate surface area is 132 Å². The lowest BCUT2D eigenvalue weighted by molar-refractivity contribution is 0.0779. The van der Waals surface area contributed by atoms with Crippen LogP contribution in [0.25, 0.3) is 10.6 Å². The van der Waals surface area contributed by atoms with Crippen LogP contribution in [0.1, 0.15) is 21.7 Å². The summed E-state index contributed by atoms with van der Waals surface area (Å²) in [4.78, 5) is 15.2. The molecule has 0 aromatic carbocycles. The maximum absolute atomic E-state index is 12.5. The number of hydrogen-bond donors (Lipinski definition) is 1. The zero-order chi connectivity index (χ0) is 15.7. The standard InChI is InChI=1S/C15H17N5OS/c1-10-11(8-16-20(10)3)9-19(2)15(21)13-7-12(17-18-13)14-5-4-6-22-14/h4-8H,9H2,1-3H3,(H,17,18). The Morgan fingerprint density at radius 1 is 1.50 bits per heavy atom. The molecule has 1 amide bonds. The molecule has 1 N–H and O–H groups in total. The predicted octanol–water partition coefficient (Wildman–Crippen LogP) is 2.45. The zero-order valence-corrected chi connectivity index (χ0v) is 13.5. The van der Waals surface area contributed by atoms with Gasteiger partial charge in [0.15, 0.2) is 5.69 Å². The first-order valence-electron chi connectivity index (χ1n) is 6.88. The summed E-state index contributed by atoms with van der Waals surface area (Å²) >= 11 is 1.61. The highest BCUT2D eigenvalue weighted by Crippen LogP contribution is 2.23. The number of hydrogen-bond acceptors (Lipinski definition) is 4. The minimum atomic E-state index is -0.109.